The molecule has 0 unspecified atom stereocenters. The van der Waals surface area contributed by atoms with Crippen molar-refractivity contribution in [3.05, 3.63) is 69.8 Å². The molecule has 3 rings (SSSR count). The highest BCUT2D eigenvalue weighted by Crippen LogP contribution is 2.24. The van der Waals surface area contributed by atoms with Gasteiger partial charge >= 0.3 is 0 Å². The van der Waals surface area contributed by atoms with Gasteiger partial charge in [0.2, 0.25) is 0 Å². The van der Waals surface area contributed by atoms with E-state index in [2.05, 4.69) is 38.4 Å². The highest BCUT2D eigenvalue weighted by molar-refractivity contribution is 9.10. The van der Waals surface area contributed by atoms with Gasteiger partial charge in [-0.05, 0) is 35.9 Å². The van der Waals surface area contributed by atoms with Crippen molar-refractivity contribution in [2.45, 2.75) is 6.54 Å². The van der Waals surface area contributed by atoms with E-state index >= 15 is 0 Å². The number of benzene rings is 2. The summed E-state index contributed by atoms with van der Waals surface area (Å²) in [7, 11) is 0. The van der Waals surface area contributed by atoms with Crippen molar-refractivity contribution in [1.82, 2.24) is 4.98 Å². The minimum absolute atomic E-state index is 0.691. The van der Waals surface area contributed by atoms with E-state index in [1.54, 1.807) is 0 Å². The van der Waals surface area contributed by atoms with Crippen LogP contribution in [-0.4, -0.2) is 4.98 Å². The van der Waals surface area contributed by atoms with Crippen molar-refractivity contribution in [3.8, 4) is 0 Å². The number of nitrogens with one attached hydrogen (secondary N) is 1. The van der Waals surface area contributed by atoms with Gasteiger partial charge in [0.15, 0.2) is 0 Å². The van der Waals surface area contributed by atoms with Crippen LogP contribution in [0.3, 0.4) is 0 Å². The quantitative estimate of drug-likeness (QED) is 0.699. The number of halogens is 2. The lowest BCUT2D eigenvalue weighted by molar-refractivity contribution is 1.14. The third-order valence-electron chi connectivity index (χ3n) is 3.11. The number of para-hydroxylation sites is 1. The van der Waals surface area contributed by atoms with Gasteiger partial charge in [0.1, 0.15) is 0 Å². The second-order valence-electron chi connectivity index (χ2n) is 4.47. The smallest absolute Gasteiger partial charge is 0.0933 e. The first-order valence-electron chi connectivity index (χ1n) is 6.25. The molecular weight excluding hydrogens is 336 g/mol. The largest absolute Gasteiger partial charge is 0.379 e. The van der Waals surface area contributed by atoms with Gasteiger partial charge < -0.3 is 5.32 Å². The molecule has 1 N–H and O–H groups in total. The maximum Gasteiger partial charge on any atom is 0.0933 e. The minimum atomic E-state index is 0.691. The molecule has 0 spiro atoms. The van der Waals surface area contributed by atoms with Gasteiger partial charge in [-0.25, -0.2) is 0 Å². The van der Waals surface area contributed by atoms with Crippen LogP contribution >= 0.6 is 27.5 Å². The standard InChI is InChI=1S/C16H12BrClN2/c17-14-7-6-13(18)9-12(14)10-20-15-5-1-3-11-4-2-8-19-16(11)15/h1-9,20H,10H2. The average Bonchev–Trinajstić information content (AvgIpc) is 2.48. The number of pyridine rings is 1. The highest BCUT2D eigenvalue weighted by atomic mass is 79.9. The summed E-state index contributed by atoms with van der Waals surface area (Å²) >= 11 is 9.57. The van der Waals surface area contributed by atoms with E-state index in [4.69, 9.17) is 11.6 Å². The Bertz CT molecular complexity index is 753. The van der Waals surface area contributed by atoms with Crippen LogP contribution in [0.1, 0.15) is 5.56 Å². The van der Waals surface area contributed by atoms with Crippen molar-refractivity contribution in [1.29, 1.82) is 0 Å². The fourth-order valence-electron chi connectivity index (χ4n) is 2.12. The molecule has 0 radical (unpaired) electrons. The Labute approximate surface area is 130 Å². The first-order chi connectivity index (χ1) is 9.74. The van der Waals surface area contributed by atoms with Crippen LogP contribution in [0.25, 0.3) is 10.9 Å². The van der Waals surface area contributed by atoms with Crippen LogP contribution in [0.2, 0.25) is 5.02 Å². The Kier molecular flexibility index (Phi) is 3.90. The van der Waals surface area contributed by atoms with E-state index < -0.39 is 0 Å². The van der Waals surface area contributed by atoms with Crippen molar-refractivity contribution in [2.24, 2.45) is 0 Å². The third kappa shape index (κ3) is 2.79. The third-order valence-corrected chi connectivity index (χ3v) is 4.12. The van der Waals surface area contributed by atoms with E-state index in [0.717, 1.165) is 31.6 Å². The highest BCUT2D eigenvalue weighted by Gasteiger charge is 2.04. The molecule has 1 heterocycles. The average molecular weight is 348 g/mol. The zero-order valence-electron chi connectivity index (χ0n) is 10.6. The topological polar surface area (TPSA) is 24.9 Å². The first kappa shape index (κ1) is 13.4. The summed E-state index contributed by atoms with van der Waals surface area (Å²) < 4.78 is 1.04. The maximum atomic E-state index is 6.03. The molecule has 0 saturated heterocycles. The SMILES string of the molecule is Clc1ccc(Br)c(CNc2cccc3cccnc23)c1. The molecule has 3 aromatic rings. The van der Waals surface area contributed by atoms with Crippen molar-refractivity contribution < 1.29 is 0 Å². The molecule has 0 atom stereocenters. The second-order valence-corrected chi connectivity index (χ2v) is 5.76. The number of hydrogen-bond donors (Lipinski definition) is 1. The Morgan fingerprint density at radius 1 is 1.10 bits per heavy atom. The van der Waals surface area contributed by atoms with E-state index in [1.165, 1.54) is 0 Å². The van der Waals surface area contributed by atoms with Crippen LogP contribution in [0.5, 0.6) is 0 Å². The van der Waals surface area contributed by atoms with Crippen LogP contribution in [0, 0.1) is 0 Å². The number of aromatic nitrogens is 1. The lowest BCUT2D eigenvalue weighted by atomic mass is 10.1. The van der Waals surface area contributed by atoms with Crippen molar-refractivity contribution in [3.63, 3.8) is 0 Å². The molecule has 0 aliphatic carbocycles. The summed E-state index contributed by atoms with van der Waals surface area (Å²) in [5, 5.41) is 5.29. The number of hydrogen-bond acceptors (Lipinski definition) is 2. The van der Waals surface area contributed by atoms with Crippen molar-refractivity contribution >= 4 is 44.1 Å². The van der Waals surface area contributed by atoms with Gasteiger partial charge in [-0.2, -0.15) is 0 Å². The fraction of sp³-hybridized carbons (Fsp3) is 0.0625. The van der Waals surface area contributed by atoms with Gasteiger partial charge in [0.25, 0.3) is 0 Å². The summed E-state index contributed by atoms with van der Waals surface area (Å²) in [6.07, 6.45) is 1.81. The Morgan fingerprint density at radius 2 is 1.95 bits per heavy atom. The number of nitrogens with zero attached hydrogens (tertiary/aromatic N) is 1. The summed E-state index contributed by atoms with van der Waals surface area (Å²) in [6.45, 7) is 0.691. The van der Waals surface area contributed by atoms with E-state index in [9.17, 15) is 0 Å². The molecule has 0 aliphatic heterocycles. The summed E-state index contributed by atoms with van der Waals surface area (Å²) in [4.78, 5) is 4.43. The maximum absolute atomic E-state index is 6.03. The molecule has 100 valence electrons. The zero-order chi connectivity index (χ0) is 13.9. The van der Waals surface area contributed by atoms with Crippen LogP contribution in [0.15, 0.2) is 59.2 Å². The van der Waals surface area contributed by atoms with Crippen LogP contribution < -0.4 is 5.32 Å². The molecule has 0 aliphatic rings. The molecule has 0 saturated carbocycles. The van der Waals surface area contributed by atoms with E-state index in [1.807, 2.05) is 42.6 Å². The Hall–Kier alpha value is -1.58. The zero-order valence-corrected chi connectivity index (χ0v) is 12.9. The van der Waals surface area contributed by atoms with Gasteiger partial charge in [0.05, 0.1) is 11.2 Å². The second kappa shape index (κ2) is 5.81. The lowest BCUT2D eigenvalue weighted by Gasteiger charge is -2.10. The summed E-state index contributed by atoms with van der Waals surface area (Å²) in [6, 6.07) is 15.9. The molecule has 20 heavy (non-hydrogen) atoms. The number of rotatable bonds is 3. The first-order valence-corrected chi connectivity index (χ1v) is 7.43. The van der Waals surface area contributed by atoms with E-state index in [0.29, 0.717) is 6.54 Å². The molecule has 0 bridgehead atoms. The predicted octanol–water partition coefficient (Wildman–Crippen LogP) is 5.26. The van der Waals surface area contributed by atoms with Gasteiger partial charge in [-0.15, -0.1) is 0 Å². The molecule has 2 nitrogen and oxygen atoms in total. The van der Waals surface area contributed by atoms with Crippen molar-refractivity contribution in [2.75, 3.05) is 5.32 Å². The van der Waals surface area contributed by atoms with Gasteiger partial charge in [0, 0.05) is 27.6 Å². The Balaban J connectivity index is 1.89. The minimum Gasteiger partial charge on any atom is -0.379 e. The summed E-state index contributed by atoms with van der Waals surface area (Å²) in [5.74, 6) is 0. The summed E-state index contributed by atoms with van der Waals surface area (Å²) in [5.41, 5.74) is 3.12. The Morgan fingerprint density at radius 3 is 2.85 bits per heavy atom. The molecule has 1 aromatic heterocycles. The van der Waals surface area contributed by atoms with Crippen LogP contribution in [-0.2, 0) is 6.54 Å². The fourth-order valence-corrected chi connectivity index (χ4v) is 2.70. The van der Waals surface area contributed by atoms with Gasteiger partial charge in [-0.3, -0.25) is 4.98 Å². The molecule has 4 heteroatoms. The number of anilines is 1. The molecule has 0 amide bonds. The molecule has 2 aromatic carbocycles. The molecular formula is C16H12BrClN2. The number of fused-ring (bicyclic) bond motifs is 1. The lowest BCUT2D eigenvalue weighted by Crippen LogP contribution is -2.01. The van der Waals surface area contributed by atoms with Crippen LogP contribution in [0.4, 0.5) is 5.69 Å². The molecule has 0 fully saturated rings. The normalized spacial score (nSPS) is 10.7. The van der Waals surface area contributed by atoms with E-state index in [-0.39, 0.29) is 0 Å². The monoisotopic (exact) mass is 346 g/mol. The predicted molar refractivity (Wildman–Crippen MR) is 88.2 cm³/mol. The van der Waals surface area contributed by atoms with Gasteiger partial charge in [-0.1, -0.05) is 45.7 Å².